The van der Waals surface area contributed by atoms with Gasteiger partial charge in [-0.05, 0) is 42.7 Å². The number of carbonyl (C=O) groups is 1. The van der Waals surface area contributed by atoms with Crippen molar-refractivity contribution in [1.29, 1.82) is 0 Å². The number of carbonyl (C=O) groups excluding carboxylic acids is 1. The largest absolute Gasteiger partial charge is 0.481 e. The molecule has 6 heteroatoms. The molecule has 23 heavy (non-hydrogen) atoms. The maximum atomic E-state index is 11.7. The van der Waals surface area contributed by atoms with Crippen molar-refractivity contribution < 1.29 is 19.2 Å². The van der Waals surface area contributed by atoms with E-state index in [-0.39, 0.29) is 18.9 Å². The minimum atomic E-state index is -0.494. The lowest BCUT2D eigenvalue weighted by atomic mass is 10.1. The summed E-state index contributed by atoms with van der Waals surface area (Å²) in [7, 11) is 0. The fourth-order valence-corrected chi connectivity index (χ4v) is 2.08. The van der Waals surface area contributed by atoms with Gasteiger partial charge in [-0.15, -0.1) is 0 Å². The number of nitro groups is 1. The molecule has 0 atom stereocenters. The standard InChI is InChI=1S/C17H17NO5/c1-12-4-3-5-13(2)17(12)23-11-16(19)22-10-14-6-8-15(9-7-14)18(20)21/h3-9H,10-11H2,1-2H3. The molecule has 0 amide bonds. The summed E-state index contributed by atoms with van der Waals surface area (Å²) in [6, 6.07) is 11.6. The first-order valence-corrected chi connectivity index (χ1v) is 7.05. The van der Waals surface area contributed by atoms with E-state index in [2.05, 4.69) is 0 Å². The molecule has 0 aliphatic carbocycles. The molecule has 0 spiro atoms. The van der Waals surface area contributed by atoms with Crippen molar-refractivity contribution in [1.82, 2.24) is 0 Å². The molecule has 6 nitrogen and oxygen atoms in total. The normalized spacial score (nSPS) is 10.2. The first-order chi connectivity index (χ1) is 11.0. The summed E-state index contributed by atoms with van der Waals surface area (Å²) in [5, 5.41) is 10.6. The number of benzene rings is 2. The van der Waals surface area contributed by atoms with Gasteiger partial charge >= 0.3 is 5.97 Å². The smallest absolute Gasteiger partial charge is 0.344 e. The second kappa shape index (κ2) is 7.40. The average molecular weight is 315 g/mol. The highest BCUT2D eigenvalue weighted by atomic mass is 16.6. The minimum absolute atomic E-state index is 0.00145. The van der Waals surface area contributed by atoms with Crippen molar-refractivity contribution in [2.75, 3.05) is 6.61 Å². The highest BCUT2D eigenvalue weighted by Gasteiger charge is 2.09. The van der Waals surface area contributed by atoms with Crippen LogP contribution in [0.2, 0.25) is 0 Å². The number of ether oxygens (including phenoxy) is 2. The molecule has 2 aromatic carbocycles. The Morgan fingerprint density at radius 2 is 1.70 bits per heavy atom. The van der Waals surface area contributed by atoms with E-state index < -0.39 is 10.9 Å². The zero-order valence-electron chi connectivity index (χ0n) is 12.9. The molecule has 0 radical (unpaired) electrons. The van der Waals surface area contributed by atoms with Gasteiger partial charge in [0.2, 0.25) is 0 Å². The van der Waals surface area contributed by atoms with Gasteiger partial charge in [0, 0.05) is 12.1 Å². The molecule has 0 aromatic heterocycles. The van der Waals surface area contributed by atoms with Crippen molar-refractivity contribution in [2.45, 2.75) is 20.5 Å². The van der Waals surface area contributed by atoms with E-state index in [1.54, 1.807) is 12.1 Å². The number of nitro benzene ring substituents is 1. The van der Waals surface area contributed by atoms with Crippen molar-refractivity contribution in [3.63, 3.8) is 0 Å². The monoisotopic (exact) mass is 315 g/mol. The predicted molar refractivity (Wildman–Crippen MR) is 84.3 cm³/mol. The molecule has 0 saturated heterocycles. The quantitative estimate of drug-likeness (QED) is 0.464. The second-order valence-electron chi connectivity index (χ2n) is 5.09. The van der Waals surface area contributed by atoms with E-state index in [1.165, 1.54) is 12.1 Å². The van der Waals surface area contributed by atoms with Crippen LogP contribution in [0.4, 0.5) is 5.69 Å². The zero-order chi connectivity index (χ0) is 16.8. The fraction of sp³-hybridized carbons (Fsp3) is 0.235. The molecular formula is C17H17NO5. The number of rotatable bonds is 6. The number of hydrogen-bond donors (Lipinski definition) is 0. The van der Waals surface area contributed by atoms with Gasteiger partial charge < -0.3 is 9.47 Å². The third kappa shape index (κ3) is 4.54. The zero-order valence-corrected chi connectivity index (χ0v) is 12.9. The molecule has 0 saturated carbocycles. The molecule has 0 heterocycles. The van der Waals surface area contributed by atoms with Crippen LogP contribution in [0.3, 0.4) is 0 Å². The lowest BCUT2D eigenvalue weighted by Gasteiger charge is -2.11. The first kappa shape index (κ1) is 16.5. The second-order valence-corrected chi connectivity index (χ2v) is 5.09. The SMILES string of the molecule is Cc1cccc(C)c1OCC(=O)OCc1ccc([N+](=O)[O-])cc1. The van der Waals surface area contributed by atoms with Gasteiger partial charge in [0.15, 0.2) is 6.61 Å². The van der Waals surface area contributed by atoms with Crippen LogP contribution in [-0.2, 0) is 16.1 Å². The Balaban J connectivity index is 1.84. The Morgan fingerprint density at radius 1 is 1.09 bits per heavy atom. The number of hydrogen-bond acceptors (Lipinski definition) is 5. The van der Waals surface area contributed by atoms with Crippen LogP contribution in [0, 0.1) is 24.0 Å². The van der Waals surface area contributed by atoms with Crippen LogP contribution in [0.25, 0.3) is 0 Å². The van der Waals surface area contributed by atoms with Crippen LogP contribution in [0.5, 0.6) is 5.75 Å². The van der Waals surface area contributed by atoms with Crippen LogP contribution in [0.15, 0.2) is 42.5 Å². The fourth-order valence-electron chi connectivity index (χ4n) is 2.08. The van der Waals surface area contributed by atoms with Gasteiger partial charge in [-0.25, -0.2) is 4.79 Å². The lowest BCUT2D eigenvalue weighted by Crippen LogP contribution is -2.15. The average Bonchev–Trinajstić information content (AvgIpc) is 2.53. The summed E-state index contributed by atoms with van der Waals surface area (Å²) in [4.78, 5) is 21.8. The van der Waals surface area contributed by atoms with Gasteiger partial charge in [-0.1, -0.05) is 18.2 Å². The number of para-hydroxylation sites is 1. The summed E-state index contributed by atoms with van der Waals surface area (Å²) in [5.41, 5.74) is 2.58. The van der Waals surface area contributed by atoms with Gasteiger partial charge in [0.25, 0.3) is 5.69 Å². The Bertz CT molecular complexity index is 689. The van der Waals surface area contributed by atoms with E-state index in [1.807, 2.05) is 32.0 Å². The van der Waals surface area contributed by atoms with Crippen LogP contribution >= 0.6 is 0 Å². The topological polar surface area (TPSA) is 78.7 Å². The number of nitrogens with zero attached hydrogens (tertiary/aromatic N) is 1. The summed E-state index contributed by atoms with van der Waals surface area (Å²) < 4.78 is 10.6. The molecule has 120 valence electrons. The number of esters is 1. The molecule has 0 fully saturated rings. The molecule has 0 bridgehead atoms. The van der Waals surface area contributed by atoms with Crippen molar-refractivity contribution in [2.24, 2.45) is 0 Å². The molecular weight excluding hydrogens is 298 g/mol. The molecule has 0 N–H and O–H groups in total. The number of non-ortho nitro benzene ring substituents is 1. The summed E-state index contributed by atoms with van der Waals surface area (Å²) in [5.74, 6) is 0.186. The summed E-state index contributed by atoms with van der Waals surface area (Å²) in [6.07, 6.45) is 0. The molecule has 2 rings (SSSR count). The Labute approximate surface area is 133 Å². The highest BCUT2D eigenvalue weighted by Crippen LogP contribution is 2.22. The van der Waals surface area contributed by atoms with E-state index in [9.17, 15) is 14.9 Å². The number of aryl methyl sites for hydroxylation is 2. The van der Waals surface area contributed by atoms with E-state index >= 15 is 0 Å². The van der Waals surface area contributed by atoms with Gasteiger partial charge in [-0.2, -0.15) is 0 Å². The van der Waals surface area contributed by atoms with E-state index in [0.29, 0.717) is 11.3 Å². The predicted octanol–water partition coefficient (Wildman–Crippen LogP) is 3.33. The van der Waals surface area contributed by atoms with Crippen LogP contribution in [0.1, 0.15) is 16.7 Å². The third-order valence-electron chi connectivity index (χ3n) is 3.29. The maximum Gasteiger partial charge on any atom is 0.344 e. The summed E-state index contributed by atoms with van der Waals surface area (Å²) >= 11 is 0. The molecule has 0 aliphatic rings. The third-order valence-corrected chi connectivity index (χ3v) is 3.29. The maximum absolute atomic E-state index is 11.7. The van der Waals surface area contributed by atoms with Crippen molar-refractivity contribution in [3.05, 3.63) is 69.3 Å². The molecule has 0 aliphatic heterocycles. The van der Waals surface area contributed by atoms with Gasteiger partial charge in [0.1, 0.15) is 12.4 Å². The summed E-state index contributed by atoms with van der Waals surface area (Å²) in [6.45, 7) is 3.68. The lowest BCUT2D eigenvalue weighted by molar-refractivity contribution is -0.384. The molecule has 2 aromatic rings. The first-order valence-electron chi connectivity index (χ1n) is 7.05. The molecule has 0 unspecified atom stereocenters. The van der Waals surface area contributed by atoms with E-state index in [0.717, 1.165) is 11.1 Å². The van der Waals surface area contributed by atoms with Gasteiger partial charge in [-0.3, -0.25) is 10.1 Å². The Kier molecular flexibility index (Phi) is 5.30. The van der Waals surface area contributed by atoms with Crippen molar-refractivity contribution in [3.8, 4) is 5.75 Å². The van der Waals surface area contributed by atoms with Crippen molar-refractivity contribution >= 4 is 11.7 Å². The van der Waals surface area contributed by atoms with Crippen LogP contribution in [-0.4, -0.2) is 17.5 Å². The van der Waals surface area contributed by atoms with E-state index in [4.69, 9.17) is 9.47 Å². The highest BCUT2D eigenvalue weighted by molar-refractivity contribution is 5.71. The Morgan fingerprint density at radius 3 is 2.26 bits per heavy atom. The minimum Gasteiger partial charge on any atom is -0.481 e. The van der Waals surface area contributed by atoms with Crippen LogP contribution < -0.4 is 4.74 Å². The Hall–Kier alpha value is -2.89. The van der Waals surface area contributed by atoms with Gasteiger partial charge in [0.05, 0.1) is 4.92 Å².